The first-order chi connectivity index (χ1) is 19.0. The lowest BCUT2D eigenvalue weighted by Crippen LogP contribution is -2.58. The van der Waals surface area contributed by atoms with Crippen molar-refractivity contribution < 1.29 is 27.7 Å². The zero-order chi connectivity index (χ0) is 29.0. The standard InChI is InChI=1S/C28H24F3N5O4/c1-2-35-25(33-20-11-4-3-5-12-20)22(16-32)23(17-8-7-13-21(15-17)36(39)40)24(27(35)38)34-26(37)18-9-6-10-19(14-18)28(29,30)31/h3-16,23-24H,2,32H2,1H3,(H,34,37)/b22-16-,33-25?. The number of likely N-dealkylation sites (N-methyl/N-ethyl adjacent to an activating group) is 1. The number of amides is 2. The number of nitro groups is 1. The Morgan fingerprint density at radius 2 is 1.80 bits per heavy atom. The average molecular weight is 552 g/mol. The molecule has 1 saturated heterocycles. The summed E-state index contributed by atoms with van der Waals surface area (Å²) in [5, 5.41) is 14.1. The first-order valence-electron chi connectivity index (χ1n) is 12.1. The smallest absolute Gasteiger partial charge is 0.404 e. The number of nitrogens with two attached hydrogens (primary N) is 1. The lowest BCUT2D eigenvalue weighted by Gasteiger charge is -2.40. The zero-order valence-electron chi connectivity index (χ0n) is 21.1. The molecule has 40 heavy (non-hydrogen) atoms. The van der Waals surface area contributed by atoms with E-state index in [1.54, 1.807) is 43.3 Å². The third kappa shape index (κ3) is 5.70. The molecule has 3 N–H and O–H groups in total. The minimum atomic E-state index is -4.68. The van der Waals surface area contributed by atoms with Crippen molar-refractivity contribution in [1.82, 2.24) is 10.2 Å². The molecule has 3 aromatic carbocycles. The number of hydrogen-bond acceptors (Lipinski definition) is 6. The van der Waals surface area contributed by atoms with E-state index in [1.165, 1.54) is 35.4 Å². The number of nitrogens with one attached hydrogen (secondary N) is 1. The van der Waals surface area contributed by atoms with Crippen molar-refractivity contribution in [2.75, 3.05) is 6.54 Å². The van der Waals surface area contributed by atoms with E-state index >= 15 is 0 Å². The first-order valence-corrected chi connectivity index (χ1v) is 12.1. The zero-order valence-corrected chi connectivity index (χ0v) is 21.1. The van der Waals surface area contributed by atoms with Crippen LogP contribution in [0.25, 0.3) is 0 Å². The number of hydrogen-bond donors (Lipinski definition) is 2. The minimum Gasteiger partial charge on any atom is -0.404 e. The Bertz CT molecular complexity index is 1510. The molecular formula is C28H24F3N5O4. The number of rotatable bonds is 6. The number of piperidine rings is 1. The lowest BCUT2D eigenvalue weighted by atomic mass is 9.80. The molecule has 3 aromatic rings. The summed E-state index contributed by atoms with van der Waals surface area (Å²) in [5.74, 6) is -2.41. The summed E-state index contributed by atoms with van der Waals surface area (Å²) in [6.07, 6.45) is -3.47. The number of nitrogens with zero attached hydrogens (tertiary/aromatic N) is 3. The van der Waals surface area contributed by atoms with Gasteiger partial charge in [-0.2, -0.15) is 13.2 Å². The van der Waals surface area contributed by atoms with Gasteiger partial charge in [0.05, 0.1) is 16.2 Å². The van der Waals surface area contributed by atoms with Gasteiger partial charge in [0.15, 0.2) is 0 Å². The van der Waals surface area contributed by atoms with Crippen molar-refractivity contribution in [3.63, 3.8) is 0 Å². The van der Waals surface area contributed by atoms with Crippen LogP contribution in [0.1, 0.15) is 34.3 Å². The van der Waals surface area contributed by atoms with E-state index in [0.29, 0.717) is 17.3 Å². The highest BCUT2D eigenvalue weighted by atomic mass is 19.4. The number of benzene rings is 3. The van der Waals surface area contributed by atoms with E-state index in [4.69, 9.17) is 5.73 Å². The fraction of sp³-hybridized carbons (Fsp3) is 0.179. The molecule has 206 valence electrons. The highest BCUT2D eigenvalue weighted by molar-refractivity contribution is 6.15. The molecule has 0 radical (unpaired) electrons. The Hall–Kier alpha value is -5.00. The summed E-state index contributed by atoms with van der Waals surface area (Å²) >= 11 is 0. The maximum absolute atomic E-state index is 13.9. The summed E-state index contributed by atoms with van der Waals surface area (Å²) in [4.78, 5) is 43.9. The van der Waals surface area contributed by atoms with E-state index in [2.05, 4.69) is 10.3 Å². The molecule has 0 spiro atoms. The molecule has 1 aliphatic heterocycles. The second-order valence-corrected chi connectivity index (χ2v) is 8.83. The largest absolute Gasteiger partial charge is 0.416 e. The molecule has 1 heterocycles. The number of para-hydroxylation sites is 1. The van der Waals surface area contributed by atoms with Gasteiger partial charge >= 0.3 is 6.18 Å². The average Bonchev–Trinajstić information content (AvgIpc) is 2.94. The molecule has 0 aromatic heterocycles. The van der Waals surface area contributed by atoms with Gasteiger partial charge in [0, 0.05) is 41.9 Å². The van der Waals surface area contributed by atoms with Crippen molar-refractivity contribution in [2.45, 2.75) is 25.1 Å². The van der Waals surface area contributed by atoms with Gasteiger partial charge in [0.25, 0.3) is 17.5 Å². The van der Waals surface area contributed by atoms with Crippen LogP contribution in [0.2, 0.25) is 0 Å². The molecule has 0 saturated carbocycles. The fourth-order valence-electron chi connectivity index (χ4n) is 4.53. The Morgan fingerprint density at radius 3 is 2.42 bits per heavy atom. The number of amidine groups is 1. The summed E-state index contributed by atoms with van der Waals surface area (Å²) in [6.45, 7) is 1.81. The Kier molecular flexibility index (Phi) is 7.98. The predicted molar refractivity (Wildman–Crippen MR) is 142 cm³/mol. The van der Waals surface area contributed by atoms with Gasteiger partial charge in [-0.1, -0.05) is 36.4 Å². The molecule has 9 nitrogen and oxygen atoms in total. The molecule has 4 rings (SSSR count). The summed E-state index contributed by atoms with van der Waals surface area (Å²) in [7, 11) is 0. The number of non-ortho nitro benzene ring substituents is 1. The van der Waals surface area contributed by atoms with Crippen LogP contribution in [0, 0.1) is 10.1 Å². The molecule has 0 bridgehead atoms. The van der Waals surface area contributed by atoms with Crippen LogP contribution in [0.3, 0.4) is 0 Å². The SMILES string of the molecule is CCN1C(=O)C(NC(=O)c2cccc(C(F)(F)F)c2)C(c2cccc([N+](=O)[O-])c2)/C(=C/N)C1=Nc1ccccc1. The Labute approximate surface area is 227 Å². The fourth-order valence-corrected chi connectivity index (χ4v) is 4.53. The third-order valence-electron chi connectivity index (χ3n) is 6.38. The van der Waals surface area contributed by atoms with Gasteiger partial charge < -0.3 is 11.1 Å². The van der Waals surface area contributed by atoms with E-state index < -0.39 is 40.4 Å². The Morgan fingerprint density at radius 1 is 1.10 bits per heavy atom. The molecular weight excluding hydrogens is 527 g/mol. The monoisotopic (exact) mass is 551 g/mol. The van der Waals surface area contributed by atoms with Gasteiger partial charge in [0.1, 0.15) is 11.9 Å². The van der Waals surface area contributed by atoms with Crippen LogP contribution < -0.4 is 11.1 Å². The molecule has 1 fully saturated rings. The van der Waals surface area contributed by atoms with Crippen LogP contribution in [-0.2, 0) is 11.0 Å². The van der Waals surface area contributed by atoms with Gasteiger partial charge in [-0.15, -0.1) is 0 Å². The number of alkyl halides is 3. The third-order valence-corrected chi connectivity index (χ3v) is 6.38. The van der Waals surface area contributed by atoms with Gasteiger partial charge in [-0.3, -0.25) is 24.6 Å². The van der Waals surface area contributed by atoms with Crippen LogP contribution >= 0.6 is 0 Å². The number of carbonyl (C=O) groups excluding carboxylic acids is 2. The molecule has 1 aliphatic rings. The van der Waals surface area contributed by atoms with Crippen LogP contribution in [0.4, 0.5) is 24.5 Å². The van der Waals surface area contributed by atoms with Gasteiger partial charge in [-0.05, 0) is 42.8 Å². The first kappa shape index (κ1) is 28.0. The predicted octanol–water partition coefficient (Wildman–Crippen LogP) is 4.93. The number of aliphatic imine (C=N–C) groups is 1. The number of likely N-dealkylation sites (tertiary alicyclic amines) is 1. The highest BCUT2D eigenvalue weighted by Crippen LogP contribution is 2.37. The topological polar surface area (TPSA) is 131 Å². The number of nitro benzene ring substituents is 1. The second kappa shape index (κ2) is 11.4. The summed E-state index contributed by atoms with van der Waals surface area (Å²) < 4.78 is 39.8. The van der Waals surface area contributed by atoms with Crippen molar-refractivity contribution in [3.8, 4) is 0 Å². The maximum atomic E-state index is 13.9. The molecule has 2 unspecified atom stereocenters. The van der Waals surface area contributed by atoms with Crippen molar-refractivity contribution in [2.24, 2.45) is 10.7 Å². The van der Waals surface area contributed by atoms with E-state index in [-0.39, 0.29) is 29.2 Å². The van der Waals surface area contributed by atoms with E-state index in [9.17, 15) is 32.9 Å². The number of carbonyl (C=O) groups is 2. The molecule has 0 aliphatic carbocycles. The van der Waals surface area contributed by atoms with E-state index in [1.807, 2.05) is 0 Å². The van der Waals surface area contributed by atoms with Crippen LogP contribution in [0.5, 0.6) is 0 Å². The normalized spacial score (nSPS) is 19.6. The highest BCUT2D eigenvalue weighted by Gasteiger charge is 2.45. The van der Waals surface area contributed by atoms with E-state index in [0.717, 1.165) is 12.1 Å². The lowest BCUT2D eigenvalue weighted by molar-refractivity contribution is -0.384. The number of halogens is 3. The van der Waals surface area contributed by atoms with Crippen molar-refractivity contribution in [3.05, 3.63) is 117 Å². The summed E-state index contributed by atoms with van der Waals surface area (Å²) in [6, 6.07) is 16.6. The van der Waals surface area contributed by atoms with Gasteiger partial charge in [-0.25, -0.2) is 4.99 Å². The molecule has 2 amide bonds. The quantitative estimate of drug-likeness (QED) is 0.331. The van der Waals surface area contributed by atoms with Gasteiger partial charge in [0.2, 0.25) is 0 Å². The minimum absolute atomic E-state index is 0.124. The Balaban J connectivity index is 1.85. The maximum Gasteiger partial charge on any atom is 0.416 e. The summed E-state index contributed by atoms with van der Waals surface area (Å²) in [5.41, 5.74) is 5.53. The van der Waals surface area contributed by atoms with Crippen molar-refractivity contribution in [1.29, 1.82) is 0 Å². The molecule has 12 heteroatoms. The van der Waals surface area contributed by atoms with Crippen LogP contribution in [-0.4, -0.2) is 40.1 Å². The van der Waals surface area contributed by atoms with Crippen LogP contribution in [0.15, 0.2) is 95.6 Å². The van der Waals surface area contributed by atoms with Crippen molar-refractivity contribution >= 4 is 29.0 Å². The second-order valence-electron chi connectivity index (χ2n) is 8.83. The molecule has 2 atom stereocenters.